The molecular weight excluding hydrogens is 471 g/mol. The highest BCUT2D eigenvalue weighted by atomic mass is 35.5. The van der Waals surface area contributed by atoms with Gasteiger partial charge in [-0.2, -0.15) is 0 Å². The van der Waals surface area contributed by atoms with Gasteiger partial charge in [-0.25, -0.2) is 14.1 Å². The third-order valence-corrected chi connectivity index (χ3v) is 6.22. The molecule has 3 aromatic rings. The second-order valence-electron chi connectivity index (χ2n) is 8.18. The van der Waals surface area contributed by atoms with E-state index in [0.29, 0.717) is 28.1 Å². The number of nitrogens with zero attached hydrogens (tertiary/aromatic N) is 1. The Bertz CT molecular complexity index is 1400. The number of hydrogen-bond donors (Lipinski definition) is 1. The molecule has 0 bridgehead atoms. The summed E-state index contributed by atoms with van der Waals surface area (Å²) in [7, 11) is 1.45. The zero-order valence-electron chi connectivity index (χ0n) is 19.3. The van der Waals surface area contributed by atoms with E-state index in [4.69, 9.17) is 16.3 Å². The van der Waals surface area contributed by atoms with E-state index in [9.17, 15) is 18.8 Å². The topological polar surface area (TPSA) is 75.7 Å². The van der Waals surface area contributed by atoms with E-state index in [1.165, 1.54) is 19.3 Å². The molecule has 0 aliphatic carbocycles. The van der Waals surface area contributed by atoms with Crippen LogP contribution in [0.4, 0.5) is 14.9 Å². The van der Waals surface area contributed by atoms with Crippen molar-refractivity contribution in [3.63, 3.8) is 0 Å². The maximum Gasteiger partial charge on any atom is 0.335 e. The smallest absolute Gasteiger partial charge is 0.335 e. The molecule has 6 nitrogen and oxygen atoms in total. The molecule has 0 unspecified atom stereocenters. The van der Waals surface area contributed by atoms with Gasteiger partial charge in [-0.3, -0.25) is 14.9 Å². The number of ether oxygens (including phenoxy) is 1. The van der Waals surface area contributed by atoms with Gasteiger partial charge in [0.05, 0.1) is 12.8 Å². The Morgan fingerprint density at radius 3 is 2.46 bits per heavy atom. The molecule has 0 atom stereocenters. The van der Waals surface area contributed by atoms with E-state index in [2.05, 4.69) is 5.32 Å². The molecule has 3 aromatic carbocycles. The zero-order chi connectivity index (χ0) is 25.3. The fourth-order valence-corrected chi connectivity index (χ4v) is 4.11. The van der Waals surface area contributed by atoms with E-state index in [0.717, 1.165) is 16.0 Å². The van der Waals surface area contributed by atoms with Crippen LogP contribution < -0.4 is 15.0 Å². The van der Waals surface area contributed by atoms with Crippen molar-refractivity contribution in [3.8, 4) is 5.75 Å². The average Bonchev–Trinajstić information content (AvgIpc) is 2.81. The average molecular weight is 493 g/mol. The van der Waals surface area contributed by atoms with E-state index in [1.807, 2.05) is 13.8 Å². The lowest BCUT2D eigenvalue weighted by Gasteiger charge is -2.27. The van der Waals surface area contributed by atoms with Gasteiger partial charge in [0, 0.05) is 17.0 Å². The Hall–Kier alpha value is -3.97. The first-order chi connectivity index (χ1) is 16.7. The summed E-state index contributed by atoms with van der Waals surface area (Å²) >= 11 is 6.50. The first-order valence-electron chi connectivity index (χ1n) is 10.8. The van der Waals surface area contributed by atoms with Gasteiger partial charge in [0.2, 0.25) is 0 Å². The number of barbiturate groups is 1. The molecule has 0 spiro atoms. The molecule has 8 heteroatoms. The van der Waals surface area contributed by atoms with E-state index >= 15 is 0 Å². The zero-order valence-corrected chi connectivity index (χ0v) is 20.1. The number of halogens is 2. The summed E-state index contributed by atoms with van der Waals surface area (Å²) in [5.74, 6) is -1.56. The number of carbonyl (C=O) groups is 3. The van der Waals surface area contributed by atoms with Crippen LogP contribution in [0.25, 0.3) is 6.08 Å². The molecule has 0 radical (unpaired) electrons. The van der Waals surface area contributed by atoms with Crippen LogP contribution in [0.3, 0.4) is 0 Å². The van der Waals surface area contributed by atoms with Crippen LogP contribution in [0.15, 0.2) is 60.2 Å². The Labute approximate surface area is 207 Å². The summed E-state index contributed by atoms with van der Waals surface area (Å²) in [6, 6.07) is 13.8. The van der Waals surface area contributed by atoms with Crippen LogP contribution in [0.2, 0.25) is 5.02 Å². The monoisotopic (exact) mass is 492 g/mol. The van der Waals surface area contributed by atoms with Crippen LogP contribution in [0.5, 0.6) is 5.75 Å². The number of anilines is 1. The van der Waals surface area contributed by atoms with Gasteiger partial charge in [0.15, 0.2) is 0 Å². The number of rotatable bonds is 5. The molecule has 1 heterocycles. The van der Waals surface area contributed by atoms with Crippen molar-refractivity contribution in [1.82, 2.24) is 5.32 Å². The Balaban J connectivity index is 1.72. The van der Waals surface area contributed by atoms with Gasteiger partial charge in [0.25, 0.3) is 11.8 Å². The minimum atomic E-state index is -0.823. The summed E-state index contributed by atoms with van der Waals surface area (Å²) in [5.41, 5.74) is 3.44. The number of aryl methyl sites for hydroxylation is 2. The van der Waals surface area contributed by atoms with Gasteiger partial charge < -0.3 is 4.74 Å². The predicted octanol–water partition coefficient (Wildman–Crippen LogP) is 5.36. The van der Waals surface area contributed by atoms with E-state index < -0.39 is 17.8 Å². The molecule has 1 fully saturated rings. The maximum atomic E-state index is 14.2. The fraction of sp³-hybridized carbons (Fsp3) is 0.148. The molecule has 0 aromatic heterocycles. The van der Waals surface area contributed by atoms with Crippen molar-refractivity contribution < 1.29 is 23.5 Å². The second-order valence-corrected chi connectivity index (χ2v) is 8.59. The number of imide groups is 2. The lowest BCUT2D eigenvalue weighted by atomic mass is 10.00. The molecule has 1 N–H and O–H groups in total. The van der Waals surface area contributed by atoms with Crippen molar-refractivity contribution in [1.29, 1.82) is 0 Å². The minimum Gasteiger partial charge on any atom is -0.496 e. The van der Waals surface area contributed by atoms with Crippen molar-refractivity contribution in [2.75, 3.05) is 12.0 Å². The number of nitrogens with one attached hydrogen (secondary N) is 1. The second kappa shape index (κ2) is 9.72. The Kier molecular flexibility index (Phi) is 6.71. The first-order valence-corrected chi connectivity index (χ1v) is 11.2. The van der Waals surface area contributed by atoms with Crippen molar-refractivity contribution in [2.45, 2.75) is 20.3 Å². The van der Waals surface area contributed by atoms with Crippen LogP contribution in [0, 0.1) is 19.7 Å². The van der Waals surface area contributed by atoms with Crippen LogP contribution in [0.1, 0.15) is 27.8 Å². The molecule has 35 heavy (non-hydrogen) atoms. The van der Waals surface area contributed by atoms with Crippen LogP contribution in [-0.4, -0.2) is 25.0 Å². The number of urea groups is 1. The SMILES string of the molecule is COc1cc(/C=C2\C(=O)NC(=O)N(c3ccc(C)c(C)c3)C2=O)cc(Cl)c1Cc1ccccc1F. The van der Waals surface area contributed by atoms with Gasteiger partial charge in [-0.1, -0.05) is 35.9 Å². The lowest BCUT2D eigenvalue weighted by molar-refractivity contribution is -0.122. The maximum absolute atomic E-state index is 14.2. The normalized spacial score (nSPS) is 14.9. The fourth-order valence-electron chi connectivity index (χ4n) is 3.82. The highest BCUT2D eigenvalue weighted by Crippen LogP contribution is 2.33. The van der Waals surface area contributed by atoms with Crippen LogP contribution >= 0.6 is 11.6 Å². The van der Waals surface area contributed by atoms with Crippen molar-refractivity contribution >= 4 is 41.2 Å². The van der Waals surface area contributed by atoms with E-state index in [1.54, 1.807) is 48.5 Å². The standard InChI is InChI=1S/C27H22ClFN2O4/c1-15-8-9-19(10-16(15)2)31-26(33)21(25(32)30-27(31)34)11-17-12-22(28)20(24(13-17)35-3)14-18-6-4-5-7-23(18)29/h4-13H,14H2,1-3H3,(H,30,32,34)/b21-11+. The van der Waals surface area contributed by atoms with Gasteiger partial charge in [-0.15, -0.1) is 0 Å². The predicted molar refractivity (Wildman–Crippen MR) is 132 cm³/mol. The quantitative estimate of drug-likeness (QED) is 0.384. The number of hydrogen-bond acceptors (Lipinski definition) is 4. The molecule has 4 rings (SSSR count). The molecule has 0 saturated carbocycles. The summed E-state index contributed by atoms with van der Waals surface area (Å²) in [6.45, 7) is 3.78. The Morgan fingerprint density at radius 1 is 1.03 bits per heavy atom. The number of carbonyl (C=O) groups excluding carboxylic acids is 3. The molecule has 4 amide bonds. The highest BCUT2D eigenvalue weighted by molar-refractivity contribution is 6.39. The van der Waals surface area contributed by atoms with Crippen molar-refractivity contribution in [2.24, 2.45) is 0 Å². The molecule has 1 aliphatic rings. The summed E-state index contributed by atoms with van der Waals surface area (Å²) in [4.78, 5) is 39.2. The summed E-state index contributed by atoms with van der Waals surface area (Å²) in [5, 5.41) is 2.49. The van der Waals surface area contributed by atoms with E-state index in [-0.39, 0.29) is 22.8 Å². The molecule has 178 valence electrons. The van der Waals surface area contributed by atoms with Gasteiger partial charge in [0.1, 0.15) is 17.1 Å². The largest absolute Gasteiger partial charge is 0.496 e. The first kappa shape index (κ1) is 24.2. The highest BCUT2D eigenvalue weighted by Gasteiger charge is 2.37. The molecule has 1 aliphatic heterocycles. The summed E-state index contributed by atoms with van der Waals surface area (Å²) in [6.07, 6.45) is 1.54. The Morgan fingerprint density at radius 2 is 1.77 bits per heavy atom. The van der Waals surface area contributed by atoms with Gasteiger partial charge in [-0.05, 0) is 72.5 Å². The number of amides is 4. The molecular formula is C27H22ClFN2O4. The molecule has 1 saturated heterocycles. The van der Waals surface area contributed by atoms with Crippen LogP contribution in [-0.2, 0) is 16.0 Å². The van der Waals surface area contributed by atoms with Gasteiger partial charge >= 0.3 is 6.03 Å². The number of benzene rings is 3. The van der Waals surface area contributed by atoms with Crippen molar-refractivity contribution in [3.05, 3.63) is 98.8 Å². The minimum absolute atomic E-state index is 0.194. The number of methoxy groups -OCH3 is 1. The third kappa shape index (κ3) is 4.81. The lowest BCUT2D eigenvalue weighted by Crippen LogP contribution is -2.54. The third-order valence-electron chi connectivity index (χ3n) is 5.88. The summed E-state index contributed by atoms with van der Waals surface area (Å²) < 4.78 is 19.6.